The molecule has 0 aromatic heterocycles. The summed E-state index contributed by atoms with van der Waals surface area (Å²) in [6, 6.07) is 14.7. The Morgan fingerprint density at radius 1 is 1.10 bits per heavy atom. The third-order valence-electron chi connectivity index (χ3n) is 3.63. The topological polar surface area (TPSA) is 37.4 Å². The number of amides is 1. The summed E-state index contributed by atoms with van der Waals surface area (Å²) < 4.78 is 0. The molecule has 0 saturated heterocycles. The summed E-state index contributed by atoms with van der Waals surface area (Å²) in [6.07, 6.45) is 0.434. The van der Waals surface area contributed by atoms with E-state index in [0.29, 0.717) is 24.1 Å². The van der Waals surface area contributed by atoms with E-state index in [0.717, 1.165) is 11.3 Å². The van der Waals surface area contributed by atoms with Crippen LogP contribution in [0.5, 0.6) is 0 Å². The highest BCUT2D eigenvalue weighted by Gasteiger charge is 2.26. The molecule has 1 amide bonds. The number of carbonyl (C=O) groups excluding carboxylic acids is 2. The van der Waals surface area contributed by atoms with E-state index in [2.05, 4.69) is 0 Å². The van der Waals surface area contributed by atoms with Crippen molar-refractivity contribution in [1.29, 1.82) is 0 Å². The van der Waals surface area contributed by atoms with Gasteiger partial charge in [-0.3, -0.25) is 9.59 Å². The lowest BCUT2D eigenvalue weighted by atomic mass is 10.0. The highest BCUT2D eigenvalue weighted by atomic mass is 16.2. The van der Waals surface area contributed by atoms with Gasteiger partial charge in [0.15, 0.2) is 5.78 Å². The van der Waals surface area contributed by atoms with Crippen LogP contribution in [0.4, 0.5) is 5.69 Å². The zero-order chi connectivity index (χ0) is 14.1. The Labute approximate surface area is 117 Å². The summed E-state index contributed by atoms with van der Waals surface area (Å²) in [7, 11) is 0. The van der Waals surface area contributed by atoms with E-state index in [1.54, 1.807) is 23.1 Å². The van der Waals surface area contributed by atoms with Crippen LogP contribution in [0, 0.1) is 0 Å². The molecule has 0 radical (unpaired) electrons. The highest BCUT2D eigenvalue weighted by Crippen LogP contribution is 2.30. The first-order valence-electron chi connectivity index (χ1n) is 6.73. The number of rotatable bonds is 3. The zero-order valence-corrected chi connectivity index (χ0v) is 11.3. The van der Waals surface area contributed by atoms with Crippen molar-refractivity contribution in [2.24, 2.45) is 0 Å². The Bertz CT molecular complexity index is 677. The largest absolute Gasteiger partial charge is 0.312 e. The zero-order valence-electron chi connectivity index (χ0n) is 11.3. The Morgan fingerprint density at radius 3 is 2.55 bits per heavy atom. The van der Waals surface area contributed by atoms with E-state index in [4.69, 9.17) is 0 Å². The molecule has 20 heavy (non-hydrogen) atoms. The van der Waals surface area contributed by atoms with Crippen molar-refractivity contribution in [2.45, 2.75) is 13.3 Å². The van der Waals surface area contributed by atoms with Crippen LogP contribution in [0.25, 0.3) is 0 Å². The van der Waals surface area contributed by atoms with Crippen molar-refractivity contribution in [3.05, 3.63) is 65.2 Å². The van der Waals surface area contributed by atoms with Crippen molar-refractivity contribution in [1.82, 2.24) is 0 Å². The molecule has 0 atom stereocenters. The van der Waals surface area contributed by atoms with Gasteiger partial charge < -0.3 is 4.90 Å². The number of carbonyl (C=O) groups is 2. The van der Waals surface area contributed by atoms with Gasteiger partial charge in [-0.1, -0.05) is 42.5 Å². The molecule has 2 aromatic rings. The predicted molar refractivity (Wildman–Crippen MR) is 78.0 cm³/mol. The first kappa shape index (κ1) is 12.6. The average Bonchev–Trinajstić information content (AvgIpc) is 2.81. The maximum Gasteiger partial charge on any atom is 0.231 e. The lowest BCUT2D eigenvalue weighted by Crippen LogP contribution is -2.26. The van der Waals surface area contributed by atoms with E-state index < -0.39 is 0 Å². The second-order valence-corrected chi connectivity index (χ2v) is 4.85. The summed E-state index contributed by atoms with van der Waals surface area (Å²) in [4.78, 5) is 26.0. The molecular formula is C17H15NO2. The SMILES string of the molecule is CCN1C(=O)Cc2ccc(C(=O)c3ccccc3)cc21. The van der Waals surface area contributed by atoms with Crippen molar-refractivity contribution < 1.29 is 9.59 Å². The average molecular weight is 265 g/mol. The molecule has 3 rings (SSSR count). The van der Waals surface area contributed by atoms with Crippen molar-refractivity contribution >= 4 is 17.4 Å². The van der Waals surface area contributed by atoms with E-state index in [9.17, 15) is 9.59 Å². The van der Waals surface area contributed by atoms with Crippen molar-refractivity contribution in [3.63, 3.8) is 0 Å². The third-order valence-corrected chi connectivity index (χ3v) is 3.63. The number of hydrogen-bond donors (Lipinski definition) is 0. The van der Waals surface area contributed by atoms with Gasteiger partial charge in [-0.25, -0.2) is 0 Å². The lowest BCUT2D eigenvalue weighted by Gasteiger charge is -2.15. The van der Waals surface area contributed by atoms with Gasteiger partial charge in [0.05, 0.1) is 6.42 Å². The second kappa shape index (κ2) is 4.93. The number of ketones is 1. The van der Waals surface area contributed by atoms with Crippen molar-refractivity contribution in [2.75, 3.05) is 11.4 Å². The van der Waals surface area contributed by atoms with Crippen LogP contribution in [0.2, 0.25) is 0 Å². The first-order chi connectivity index (χ1) is 9.70. The fraction of sp³-hybridized carbons (Fsp3) is 0.176. The molecule has 1 aliphatic rings. The minimum absolute atomic E-state index is 0.0104. The van der Waals surface area contributed by atoms with Crippen LogP contribution >= 0.6 is 0 Å². The van der Waals surface area contributed by atoms with Crippen LogP contribution in [0.3, 0.4) is 0 Å². The van der Waals surface area contributed by atoms with E-state index >= 15 is 0 Å². The molecule has 100 valence electrons. The van der Waals surface area contributed by atoms with Gasteiger partial charge in [0.1, 0.15) is 0 Å². The summed E-state index contributed by atoms with van der Waals surface area (Å²) in [5.41, 5.74) is 3.17. The van der Waals surface area contributed by atoms with Crippen LogP contribution in [0.1, 0.15) is 28.4 Å². The molecule has 0 saturated carbocycles. The molecule has 1 aliphatic heterocycles. The van der Waals surface area contributed by atoms with E-state index in [1.165, 1.54) is 0 Å². The molecule has 0 aliphatic carbocycles. The summed E-state index contributed by atoms with van der Waals surface area (Å²) in [5.74, 6) is 0.0932. The molecule has 3 nitrogen and oxygen atoms in total. The van der Waals surface area contributed by atoms with Crippen LogP contribution in [0.15, 0.2) is 48.5 Å². The number of fused-ring (bicyclic) bond motifs is 1. The number of nitrogens with zero attached hydrogens (tertiary/aromatic N) is 1. The Morgan fingerprint density at radius 2 is 1.85 bits per heavy atom. The van der Waals surface area contributed by atoms with Crippen LogP contribution < -0.4 is 4.90 Å². The summed E-state index contributed by atoms with van der Waals surface area (Å²) >= 11 is 0. The normalized spacial score (nSPS) is 13.4. The second-order valence-electron chi connectivity index (χ2n) is 4.85. The number of anilines is 1. The Balaban J connectivity index is 2.00. The first-order valence-corrected chi connectivity index (χ1v) is 6.73. The van der Waals surface area contributed by atoms with E-state index in [1.807, 2.05) is 37.3 Å². The van der Waals surface area contributed by atoms with Gasteiger partial charge in [0.2, 0.25) is 5.91 Å². The molecule has 2 aromatic carbocycles. The number of benzene rings is 2. The molecular weight excluding hydrogens is 250 g/mol. The summed E-state index contributed by atoms with van der Waals surface area (Å²) in [6.45, 7) is 2.58. The minimum atomic E-state index is -0.0104. The Hall–Kier alpha value is -2.42. The molecule has 3 heteroatoms. The standard InChI is InChI=1S/C17H15NO2/c1-2-18-15-10-14(9-8-13(15)11-16(18)19)17(20)12-6-4-3-5-7-12/h3-10H,2,11H2,1H3. The highest BCUT2D eigenvalue weighted by molar-refractivity contribution is 6.11. The minimum Gasteiger partial charge on any atom is -0.312 e. The molecule has 0 fully saturated rings. The molecule has 0 unspecified atom stereocenters. The molecule has 1 heterocycles. The van der Waals surface area contributed by atoms with Crippen molar-refractivity contribution in [3.8, 4) is 0 Å². The monoisotopic (exact) mass is 265 g/mol. The Kier molecular flexibility index (Phi) is 3.11. The lowest BCUT2D eigenvalue weighted by molar-refractivity contribution is -0.117. The van der Waals surface area contributed by atoms with Gasteiger partial charge in [0, 0.05) is 23.4 Å². The fourth-order valence-corrected chi connectivity index (χ4v) is 2.60. The molecule has 0 N–H and O–H groups in total. The van der Waals surface area contributed by atoms with Gasteiger partial charge in [-0.2, -0.15) is 0 Å². The predicted octanol–water partition coefficient (Wildman–Crippen LogP) is 2.83. The smallest absolute Gasteiger partial charge is 0.231 e. The number of likely N-dealkylation sites (N-methyl/N-ethyl adjacent to an activating group) is 1. The van der Waals surface area contributed by atoms with Crippen LogP contribution in [-0.2, 0) is 11.2 Å². The molecule has 0 bridgehead atoms. The van der Waals surface area contributed by atoms with Crippen LogP contribution in [-0.4, -0.2) is 18.2 Å². The van der Waals surface area contributed by atoms with Gasteiger partial charge in [0.25, 0.3) is 0 Å². The maximum absolute atomic E-state index is 12.4. The summed E-state index contributed by atoms with van der Waals surface area (Å²) in [5, 5.41) is 0. The quantitative estimate of drug-likeness (QED) is 0.800. The maximum atomic E-state index is 12.4. The molecule has 0 spiro atoms. The number of hydrogen-bond acceptors (Lipinski definition) is 2. The third kappa shape index (κ3) is 2.01. The van der Waals surface area contributed by atoms with E-state index in [-0.39, 0.29) is 11.7 Å². The fourth-order valence-electron chi connectivity index (χ4n) is 2.60. The van der Waals surface area contributed by atoms with Gasteiger partial charge in [-0.15, -0.1) is 0 Å². The van der Waals surface area contributed by atoms with Gasteiger partial charge >= 0.3 is 0 Å². The van der Waals surface area contributed by atoms with Gasteiger partial charge in [-0.05, 0) is 18.6 Å².